The van der Waals surface area contributed by atoms with Crippen LogP contribution >= 0.6 is 0 Å². The summed E-state index contributed by atoms with van der Waals surface area (Å²) >= 11 is 0. The molecule has 0 aromatic rings. The second kappa shape index (κ2) is 13.7. The van der Waals surface area contributed by atoms with Crippen LogP contribution < -0.4 is 0 Å². The maximum absolute atomic E-state index is 11.0. The molecule has 0 unspecified atom stereocenters. The normalized spacial score (nSPS) is 19.7. The van der Waals surface area contributed by atoms with Crippen molar-refractivity contribution in [1.29, 1.82) is 0 Å². The van der Waals surface area contributed by atoms with E-state index in [1.807, 2.05) is 11.9 Å². The van der Waals surface area contributed by atoms with Crippen LogP contribution in [0.15, 0.2) is 0 Å². The molecule has 3 N–H and O–H groups in total. The molecule has 0 spiro atoms. The number of nitrogens with zero attached hydrogens (tertiary/aromatic N) is 4. The zero-order chi connectivity index (χ0) is 18.8. The molecule has 152 valence electrons. The third-order valence-corrected chi connectivity index (χ3v) is 4.14. The first-order chi connectivity index (χ1) is 11.8. The van der Waals surface area contributed by atoms with Gasteiger partial charge in [-0.25, -0.2) is 0 Å². The van der Waals surface area contributed by atoms with Gasteiger partial charge in [0.15, 0.2) is 0 Å². The molecule has 0 saturated carbocycles. The maximum atomic E-state index is 11.0. The van der Waals surface area contributed by atoms with Gasteiger partial charge in [-0.05, 0) is 7.05 Å². The molecule has 1 saturated heterocycles. The predicted molar refractivity (Wildman–Crippen MR) is 89.7 cm³/mol. The molecule has 1 aliphatic rings. The minimum atomic E-state index is -0.957. The van der Waals surface area contributed by atoms with E-state index in [4.69, 9.17) is 15.3 Å². The van der Waals surface area contributed by atoms with Gasteiger partial charge < -0.3 is 20.2 Å². The first-order valence-corrected chi connectivity index (χ1v) is 8.27. The van der Waals surface area contributed by atoms with Gasteiger partial charge in [0.1, 0.15) is 0 Å². The largest absolute Gasteiger partial charge is 0.480 e. The van der Waals surface area contributed by atoms with Crippen LogP contribution in [0, 0.1) is 39.9 Å². The van der Waals surface area contributed by atoms with Crippen LogP contribution in [-0.2, 0) is 14.4 Å². The summed E-state index contributed by atoms with van der Waals surface area (Å²) in [4.78, 5) is 40.4. The van der Waals surface area contributed by atoms with Crippen molar-refractivity contribution in [2.24, 2.45) is 0 Å². The number of carboxylic acid groups (broad SMARTS) is 3. The standard InChI is InChI=1S/C15H28N4O6.Gd/c1-16-2-4-17(10-13(20)21)6-8-19(12-15(24)25)9-7-18(5-3-16)11-14(22)23;/h2-12H2,1H3,(H,20,21)(H,22,23)(H,24,25);. The Balaban J connectivity index is 0.00000625. The summed E-state index contributed by atoms with van der Waals surface area (Å²) in [6.07, 6.45) is 0. The number of carbonyl (C=O) groups is 3. The van der Waals surface area contributed by atoms with Gasteiger partial charge in [-0.2, -0.15) is 0 Å². The first kappa shape index (κ1) is 25.6. The fourth-order valence-corrected chi connectivity index (χ4v) is 2.69. The summed E-state index contributed by atoms with van der Waals surface area (Å²) in [5.41, 5.74) is 0. The predicted octanol–water partition coefficient (Wildman–Crippen LogP) is -1.91. The molecule has 0 atom stereocenters. The van der Waals surface area contributed by atoms with Crippen molar-refractivity contribution in [2.45, 2.75) is 0 Å². The monoisotopic (exact) mass is 518 g/mol. The zero-order valence-corrected chi connectivity index (χ0v) is 17.3. The number of rotatable bonds is 6. The summed E-state index contributed by atoms with van der Waals surface area (Å²) in [5, 5.41) is 27.1. The molecule has 0 aromatic heterocycles. The van der Waals surface area contributed by atoms with E-state index >= 15 is 0 Å². The average molecular weight is 518 g/mol. The van der Waals surface area contributed by atoms with Crippen molar-refractivity contribution in [2.75, 3.05) is 79.0 Å². The Morgan fingerprint density at radius 3 is 1.08 bits per heavy atom. The van der Waals surface area contributed by atoms with Gasteiger partial charge in [0.2, 0.25) is 0 Å². The minimum absolute atomic E-state index is 0. The molecular weight excluding hydrogens is 489 g/mol. The van der Waals surface area contributed by atoms with Gasteiger partial charge in [-0.3, -0.25) is 29.1 Å². The molecular formula is C15H28GdN4O6. The SMILES string of the molecule is CN1CCN(CC(=O)O)CCN(CC(=O)O)CCN(CC(=O)O)CC1.[Gd]. The Hall–Kier alpha value is -0.425. The number of hydrogen-bond donors (Lipinski definition) is 3. The fourth-order valence-electron chi connectivity index (χ4n) is 2.69. The molecule has 1 aliphatic heterocycles. The molecule has 1 fully saturated rings. The van der Waals surface area contributed by atoms with Crippen LogP contribution in [0.25, 0.3) is 0 Å². The van der Waals surface area contributed by atoms with Crippen molar-refractivity contribution in [3.63, 3.8) is 0 Å². The fraction of sp³-hybridized carbons (Fsp3) is 0.800. The number of carboxylic acids is 3. The Morgan fingerprint density at radius 1 is 0.615 bits per heavy atom. The number of hydrogen-bond acceptors (Lipinski definition) is 7. The minimum Gasteiger partial charge on any atom is -0.480 e. The second-order valence-electron chi connectivity index (χ2n) is 6.31. The van der Waals surface area contributed by atoms with E-state index in [2.05, 4.69) is 0 Å². The van der Waals surface area contributed by atoms with Crippen LogP contribution in [-0.4, -0.2) is 132 Å². The number of aliphatic carboxylic acids is 3. The van der Waals surface area contributed by atoms with E-state index in [1.165, 1.54) is 0 Å². The average Bonchev–Trinajstić information content (AvgIpc) is 2.49. The Kier molecular flexibility index (Phi) is 13.5. The van der Waals surface area contributed by atoms with Gasteiger partial charge in [0.05, 0.1) is 19.6 Å². The molecule has 26 heavy (non-hydrogen) atoms. The van der Waals surface area contributed by atoms with E-state index in [0.717, 1.165) is 0 Å². The molecule has 11 heteroatoms. The molecule has 1 heterocycles. The Morgan fingerprint density at radius 2 is 0.846 bits per heavy atom. The van der Waals surface area contributed by atoms with Gasteiger partial charge >= 0.3 is 17.9 Å². The molecule has 0 aromatic carbocycles. The quantitative estimate of drug-likeness (QED) is 0.368. The number of likely N-dealkylation sites (N-methyl/N-ethyl adjacent to an activating group) is 1. The van der Waals surface area contributed by atoms with Crippen LogP contribution in [0.3, 0.4) is 0 Å². The van der Waals surface area contributed by atoms with E-state index in [0.29, 0.717) is 52.4 Å². The van der Waals surface area contributed by atoms with Crippen LogP contribution in [0.1, 0.15) is 0 Å². The zero-order valence-electron chi connectivity index (χ0n) is 15.0. The van der Waals surface area contributed by atoms with Gasteiger partial charge in [-0.15, -0.1) is 0 Å². The van der Waals surface area contributed by atoms with Crippen LogP contribution in [0.5, 0.6) is 0 Å². The third kappa shape index (κ3) is 12.1. The summed E-state index contributed by atoms with van der Waals surface area (Å²) in [7, 11) is 1.92. The van der Waals surface area contributed by atoms with Crippen LogP contribution in [0.2, 0.25) is 0 Å². The molecule has 1 rings (SSSR count). The Bertz CT molecular complexity index is 435. The van der Waals surface area contributed by atoms with Gasteiger partial charge in [0, 0.05) is 92.3 Å². The molecule has 0 aliphatic carbocycles. The van der Waals surface area contributed by atoms with Gasteiger partial charge in [0.25, 0.3) is 0 Å². The summed E-state index contributed by atoms with van der Waals surface area (Å²) in [6, 6.07) is 0. The van der Waals surface area contributed by atoms with Gasteiger partial charge in [-0.1, -0.05) is 0 Å². The summed E-state index contributed by atoms with van der Waals surface area (Å²) < 4.78 is 0. The molecule has 0 bridgehead atoms. The van der Waals surface area contributed by atoms with Crippen LogP contribution in [0.4, 0.5) is 0 Å². The second-order valence-corrected chi connectivity index (χ2v) is 6.31. The third-order valence-electron chi connectivity index (χ3n) is 4.14. The summed E-state index contributed by atoms with van der Waals surface area (Å²) in [5.74, 6) is -2.78. The van der Waals surface area contributed by atoms with Crippen molar-refractivity contribution in [3.8, 4) is 0 Å². The van der Waals surface area contributed by atoms with E-state index in [9.17, 15) is 14.4 Å². The van der Waals surface area contributed by atoms with Crippen molar-refractivity contribution in [3.05, 3.63) is 0 Å². The maximum Gasteiger partial charge on any atom is 0.317 e. The van der Waals surface area contributed by atoms with Crippen molar-refractivity contribution in [1.82, 2.24) is 19.6 Å². The first-order valence-electron chi connectivity index (χ1n) is 8.27. The molecule has 10 nitrogen and oxygen atoms in total. The van der Waals surface area contributed by atoms with E-state index in [-0.39, 0.29) is 59.6 Å². The van der Waals surface area contributed by atoms with Crippen molar-refractivity contribution >= 4 is 17.9 Å². The smallest absolute Gasteiger partial charge is 0.317 e. The summed E-state index contributed by atoms with van der Waals surface area (Å²) in [6.45, 7) is 3.86. The van der Waals surface area contributed by atoms with E-state index in [1.54, 1.807) is 14.7 Å². The topological polar surface area (TPSA) is 125 Å². The molecule has 0 amide bonds. The molecule has 0 radical (unpaired) electrons. The van der Waals surface area contributed by atoms with Crippen molar-refractivity contribution < 1.29 is 69.6 Å². The Labute approximate surface area is 185 Å². The van der Waals surface area contributed by atoms with E-state index < -0.39 is 17.9 Å².